The molecule has 0 aliphatic carbocycles. The fourth-order valence-electron chi connectivity index (χ4n) is 1.14. The largest absolute Gasteiger partial charge is 0.314 e. The van der Waals surface area contributed by atoms with Gasteiger partial charge in [0, 0.05) is 18.8 Å². The van der Waals surface area contributed by atoms with E-state index >= 15 is 0 Å². The van der Waals surface area contributed by atoms with Gasteiger partial charge in [-0.1, -0.05) is 13.8 Å². The van der Waals surface area contributed by atoms with E-state index in [0.29, 0.717) is 19.0 Å². The fourth-order valence-corrected chi connectivity index (χ4v) is 2.82. The lowest BCUT2D eigenvalue weighted by Crippen LogP contribution is -2.44. The van der Waals surface area contributed by atoms with Crippen LogP contribution in [0.4, 0.5) is 0 Å². The predicted molar refractivity (Wildman–Crippen MR) is 78.5 cm³/mol. The summed E-state index contributed by atoms with van der Waals surface area (Å²) in [7, 11) is -6.73. The van der Waals surface area contributed by atoms with Crippen LogP contribution in [0.5, 0.6) is 0 Å². The van der Waals surface area contributed by atoms with Crippen molar-refractivity contribution in [3.05, 3.63) is 0 Å². The Morgan fingerprint density at radius 3 is 2.05 bits per heavy atom. The van der Waals surface area contributed by atoms with Gasteiger partial charge in [-0.15, -0.1) is 0 Å². The lowest BCUT2D eigenvalue weighted by molar-refractivity contribution is 0.533. The van der Waals surface area contributed by atoms with E-state index in [1.54, 1.807) is 0 Å². The van der Waals surface area contributed by atoms with Crippen molar-refractivity contribution in [2.24, 2.45) is 0 Å². The van der Waals surface area contributed by atoms with E-state index in [0.717, 1.165) is 6.26 Å². The van der Waals surface area contributed by atoms with Crippen LogP contribution in [0.3, 0.4) is 0 Å². The average molecular weight is 314 g/mol. The molecule has 19 heavy (non-hydrogen) atoms. The quantitative estimate of drug-likeness (QED) is 0.590. The van der Waals surface area contributed by atoms with Gasteiger partial charge in [0.1, 0.15) is 0 Å². The number of sulfone groups is 1. The molecule has 0 aromatic heterocycles. The Bertz CT molecular complexity index is 467. The number of rotatable bonds is 9. The maximum absolute atomic E-state index is 11.7. The van der Waals surface area contributed by atoms with Crippen LogP contribution in [0.25, 0.3) is 0 Å². The highest BCUT2D eigenvalue weighted by atomic mass is 32.2. The molecule has 0 aliphatic heterocycles. The molecule has 0 aromatic rings. The van der Waals surface area contributed by atoms with E-state index in [1.165, 1.54) is 13.8 Å². The highest BCUT2D eigenvalue weighted by Gasteiger charge is 2.31. The van der Waals surface area contributed by atoms with Crippen LogP contribution >= 0.6 is 0 Å². The lowest BCUT2D eigenvalue weighted by atomic mass is 10.2. The first-order valence-corrected chi connectivity index (χ1v) is 9.82. The first kappa shape index (κ1) is 18.8. The molecule has 2 N–H and O–H groups in total. The highest BCUT2D eigenvalue weighted by Crippen LogP contribution is 2.13. The Morgan fingerprint density at radius 1 is 1.11 bits per heavy atom. The second kappa shape index (κ2) is 7.01. The number of sulfonamides is 1. The smallest absolute Gasteiger partial charge is 0.211 e. The topological polar surface area (TPSA) is 92.3 Å². The van der Waals surface area contributed by atoms with E-state index < -0.39 is 24.6 Å². The Hall–Kier alpha value is -0.180. The van der Waals surface area contributed by atoms with Crippen LogP contribution in [0, 0.1) is 0 Å². The molecule has 0 spiro atoms. The molecule has 0 unspecified atom stereocenters. The van der Waals surface area contributed by atoms with Crippen molar-refractivity contribution in [1.82, 2.24) is 10.0 Å². The normalized spacial score (nSPS) is 14.0. The molecular formula is C11H26N2O4S2. The third-order valence-corrected chi connectivity index (χ3v) is 6.43. The second-order valence-corrected chi connectivity index (χ2v) is 10.2. The standard InChI is InChI=1S/C11H26N2O4S2/c1-10(2)12-7-6-8-19(16,17)13-9-11(3,4)18(5,14)15/h10,12-13H,6-9H2,1-5H3. The first-order valence-electron chi connectivity index (χ1n) is 6.28. The van der Waals surface area contributed by atoms with E-state index in [2.05, 4.69) is 10.0 Å². The van der Waals surface area contributed by atoms with Crippen LogP contribution in [-0.2, 0) is 19.9 Å². The molecule has 0 rings (SSSR count). The second-order valence-electron chi connectivity index (χ2n) is 5.63. The van der Waals surface area contributed by atoms with Crippen LogP contribution in [-0.4, -0.2) is 52.7 Å². The monoisotopic (exact) mass is 314 g/mol. The van der Waals surface area contributed by atoms with Gasteiger partial charge in [-0.05, 0) is 26.8 Å². The van der Waals surface area contributed by atoms with Crippen LogP contribution in [0.15, 0.2) is 0 Å². The van der Waals surface area contributed by atoms with Gasteiger partial charge in [0.25, 0.3) is 0 Å². The van der Waals surface area contributed by atoms with Gasteiger partial charge in [0.15, 0.2) is 9.84 Å². The molecule has 8 heteroatoms. The highest BCUT2D eigenvalue weighted by molar-refractivity contribution is 7.92. The van der Waals surface area contributed by atoms with E-state index in [4.69, 9.17) is 0 Å². The van der Waals surface area contributed by atoms with Crippen LogP contribution in [0.1, 0.15) is 34.1 Å². The minimum absolute atomic E-state index is 0.00738. The fraction of sp³-hybridized carbons (Fsp3) is 1.00. The average Bonchev–Trinajstić information content (AvgIpc) is 2.20. The molecule has 0 saturated heterocycles. The summed E-state index contributed by atoms with van der Waals surface area (Å²) in [5.74, 6) is -0.00738. The van der Waals surface area contributed by atoms with Gasteiger partial charge < -0.3 is 5.32 Å². The Labute approximate surface area is 117 Å². The van der Waals surface area contributed by atoms with Crippen molar-refractivity contribution in [3.63, 3.8) is 0 Å². The lowest BCUT2D eigenvalue weighted by Gasteiger charge is -2.22. The number of nitrogens with one attached hydrogen (secondary N) is 2. The molecule has 0 aliphatic rings. The van der Waals surface area contributed by atoms with E-state index in [9.17, 15) is 16.8 Å². The molecule has 6 nitrogen and oxygen atoms in total. The minimum Gasteiger partial charge on any atom is -0.314 e. The summed E-state index contributed by atoms with van der Waals surface area (Å²) in [5.41, 5.74) is 0. The summed E-state index contributed by atoms with van der Waals surface area (Å²) in [6.07, 6.45) is 1.60. The minimum atomic E-state index is -3.43. The molecule has 0 saturated carbocycles. The van der Waals surface area contributed by atoms with Crippen molar-refractivity contribution in [3.8, 4) is 0 Å². The number of hydrogen-bond donors (Lipinski definition) is 2. The van der Waals surface area contributed by atoms with Crippen molar-refractivity contribution in [2.45, 2.75) is 44.9 Å². The van der Waals surface area contributed by atoms with E-state index in [-0.39, 0.29) is 12.3 Å². The van der Waals surface area contributed by atoms with E-state index in [1.807, 2.05) is 13.8 Å². The summed E-state index contributed by atoms with van der Waals surface area (Å²) < 4.78 is 47.6. The summed E-state index contributed by atoms with van der Waals surface area (Å²) >= 11 is 0. The summed E-state index contributed by atoms with van der Waals surface area (Å²) in [4.78, 5) is 0. The van der Waals surface area contributed by atoms with Gasteiger partial charge in [-0.25, -0.2) is 21.6 Å². The van der Waals surface area contributed by atoms with Gasteiger partial charge >= 0.3 is 0 Å². The SMILES string of the molecule is CC(C)NCCCS(=O)(=O)NCC(C)(C)S(C)(=O)=O. The molecular weight excluding hydrogens is 288 g/mol. The van der Waals surface area contributed by atoms with Gasteiger partial charge in [0.2, 0.25) is 10.0 Å². The third kappa shape index (κ3) is 7.86. The Morgan fingerprint density at radius 2 is 1.63 bits per heavy atom. The maximum atomic E-state index is 11.7. The van der Waals surface area contributed by atoms with Crippen LogP contribution < -0.4 is 10.0 Å². The summed E-state index contributed by atoms with van der Waals surface area (Å²) in [5, 5.41) is 3.13. The summed E-state index contributed by atoms with van der Waals surface area (Å²) in [6.45, 7) is 7.50. The van der Waals surface area contributed by atoms with Crippen molar-refractivity contribution < 1.29 is 16.8 Å². The van der Waals surface area contributed by atoms with Crippen molar-refractivity contribution in [2.75, 3.05) is 25.1 Å². The molecule has 116 valence electrons. The zero-order chi connectivity index (χ0) is 15.3. The molecule has 0 fully saturated rings. The van der Waals surface area contributed by atoms with Gasteiger partial charge in [-0.2, -0.15) is 0 Å². The molecule has 0 heterocycles. The molecule has 0 radical (unpaired) electrons. The molecule has 0 atom stereocenters. The van der Waals surface area contributed by atoms with Crippen LogP contribution in [0.2, 0.25) is 0 Å². The third-order valence-electron chi connectivity index (χ3n) is 2.86. The predicted octanol–water partition coefficient (Wildman–Crippen LogP) is 0.117. The molecule has 0 aromatic carbocycles. The van der Waals surface area contributed by atoms with Gasteiger partial charge in [-0.3, -0.25) is 0 Å². The maximum Gasteiger partial charge on any atom is 0.211 e. The Kier molecular flexibility index (Phi) is 6.94. The summed E-state index contributed by atoms with van der Waals surface area (Å²) in [6, 6.07) is 0.319. The van der Waals surface area contributed by atoms with Crippen molar-refractivity contribution >= 4 is 19.9 Å². The van der Waals surface area contributed by atoms with Gasteiger partial charge in [0.05, 0.1) is 10.5 Å². The zero-order valence-electron chi connectivity index (χ0n) is 12.4. The number of hydrogen-bond acceptors (Lipinski definition) is 5. The molecule has 0 amide bonds. The van der Waals surface area contributed by atoms with Crippen molar-refractivity contribution in [1.29, 1.82) is 0 Å². The first-order chi connectivity index (χ1) is 8.37. The zero-order valence-corrected chi connectivity index (χ0v) is 14.0. The molecule has 0 bridgehead atoms. The Balaban J connectivity index is 4.26.